The fraction of sp³-hybridized carbons (Fsp3) is 0.0536. The number of hydrogen-bond donors (Lipinski definition) is 0. The van der Waals surface area contributed by atoms with E-state index in [2.05, 4.69) is 192 Å². The molecule has 4 nitrogen and oxygen atoms in total. The zero-order valence-electron chi connectivity index (χ0n) is 33.1. The van der Waals surface area contributed by atoms with Crippen molar-refractivity contribution in [2.24, 2.45) is 0 Å². The Morgan fingerprint density at radius 2 is 1.20 bits per heavy atom. The molecule has 8 aromatic carbocycles. The van der Waals surface area contributed by atoms with Gasteiger partial charge in [-0.25, -0.2) is 0 Å². The van der Waals surface area contributed by atoms with E-state index in [4.69, 9.17) is 4.42 Å². The molecule has 2 aliphatic carbocycles. The average Bonchev–Trinajstić information content (AvgIpc) is 3.85. The molecule has 2 heterocycles. The summed E-state index contributed by atoms with van der Waals surface area (Å²) in [5.74, 6) is 0. The van der Waals surface area contributed by atoms with E-state index in [9.17, 15) is 5.26 Å². The zero-order chi connectivity index (χ0) is 40.5. The number of benzene rings is 8. The van der Waals surface area contributed by atoms with Gasteiger partial charge in [-0.05, 0) is 119 Å². The second kappa shape index (κ2) is 14.1. The largest absolute Gasteiger partial charge is 0.454 e. The van der Waals surface area contributed by atoms with Crippen LogP contribution >= 0.6 is 11.8 Å². The molecule has 0 N–H and O–H groups in total. The van der Waals surface area contributed by atoms with Crippen LogP contribution in [0.15, 0.2) is 220 Å². The smallest absolute Gasteiger partial charge is 0.159 e. The van der Waals surface area contributed by atoms with Crippen molar-refractivity contribution in [3.05, 3.63) is 234 Å². The lowest BCUT2D eigenvalue weighted by molar-refractivity contribution is 0.669. The summed E-state index contributed by atoms with van der Waals surface area (Å²) in [6.07, 6.45) is 8.71. The van der Waals surface area contributed by atoms with Crippen LogP contribution in [0.1, 0.15) is 40.7 Å². The van der Waals surface area contributed by atoms with Crippen molar-refractivity contribution >= 4 is 62.1 Å². The van der Waals surface area contributed by atoms with Gasteiger partial charge in [-0.3, -0.25) is 0 Å². The first-order valence-electron chi connectivity index (χ1n) is 20.8. The van der Waals surface area contributed by atoms with E-state index in [1.54, 1.807) is 0 Å². The Balaban J connectivity index is 1.13. The minimum Gasteiger partial charge on any atom is -0.454 e. The molecule has 0 bridgehead atoms. The molecule has 288 valence electrons. The predicted octanol–water partition coefficient (Wildman–Crippen LogP) is 15.1. The van der Waals surface area contributed by atoms with Crippen LogP contribution in [0.3, 0.4) is 0 Å². The number of nitriles is 1. The fourth-order valence-corrected chi connectivity index (χ4v) is 11.3. The summed E-state index contributed by atoms with van der Waals surface area (Å²) in [6.45, 7) is 0. The van der Waals surface area contributed by atoms with Crippen LogP contribution in [0.2, 0.25) is 0 Å². The van der Waals surface area contributed by atoms with Crippen LogP contribution in [0, 0.1) is 11.3 Å². The van der Waals surface area contributed by atoms with Crippen molar-refractivity contribution in [1.29, 1.82) is 5.26 Å². The van der Waals surface area contributed by atoms with Gasteiger partial charge in [0.1, 0.15) is 5.58 Å². The van der Waals surface area contributed by atoms with Crippen molar-refractivity contribution in [2.45, 2.75) is 28.0 Å². The van der Waals surface area contributed by atoms with Crippen molar-refractivity contribution in [3.8, 4) is 17.2 Å². The molecule has 0 radical (unpaired) electrons. The number of nitrogens with zero attached hydrogens (tertiary/aromatic N) is 3. The zero-order valence-corrected chi connectivity index (χ0v) is 33.9. The highest BCUT2D eigenvalue weighted by atomic mass is 32.2. The summed E-state index contributed by atoms with van der Waals surface area (Å²) in [4.78, 5) is 7.15. The Bertz CT molecular complexity index is 3240. The highest BCUT2D eigenvalue weighted by molar-refractivity contribution is 7.99. The van der Waals surface area contributed by atoms with Gasteiger partial charge in [0.15, 0.2) is 5.58 Å². The number of para-hydroxylation sites is 3. The lowest BCUT2D eigenvalue weighted by Gasteiger charge is -2.40. The molecule has 3 aliphatic rings. The molecule has 1 spiro atoms. The van der Waals surface area contributed by atoms with E-state index >= 15 is 0 Å². The van der Waals surface area contributed by atoms with E-state index in [0.29, 0.717) is 11.1 Å². The van der Waals surface area contributed by atoms with Gasteiger partial charge in [0, 0.05) is 37.9 Å². The molecule has 0 atom stereocenters. The quantitative estimate of drug-likeness (QED) is 0.168. The normalized spacial score (nSPS) is 14.2. The average molecular weight is 800 g/mol. The molecule has 12 rings (SSSR count). The Kier molecular flexibility index (Phi) is 8.16. The highest BCUT2D eigenvalue weighted by Crippen LogP contribution is 2.63. The molecule has 61 heavy (non-hydrogen) atoms. The summed E-state index contributed by atoms with van der Waals surface area (Å²) in [5.41, 5.74) is 15.0. The highest BCUT2D eigenvalue weighted by Gasteiger charge is 2.50. The molecular weight excluding hydrogens is 763 g/mol. The molecule has 0 unspecified atom stereocenters. The van der Waals surface area contributed by atoms with Crippen LogP contribution in [0.5, 0.6) is 0 Å². The minimum atomic E-state index is -0.526. The maximum Gasteiger partial charge on any atom is 0.159 e. The Hall–Kier alpha value is -7.52. The van der Waals surface area contributed by atoms with Crippen LogP contribution in [0.4, 0.5) is 28.4 Å². The van der Waals surface area contributed by atoms with Gasteiger partial charge in [-0.15, -0.1) is 0 Å². The summed E-state index contributed by atoms with van der Waals surface area (Å²) in [7, 11) is 0. The Morgan fingerprint density at radius 1 is 0.541 bits per heavy atom. The molecule has 0 saturated carbocycles. The molecule has 0 saturated heterocycles. The molecule has 9 aromatic rings. The van der Waals surface area contributed by atoms with Gasteiger partial charge < -0.3 is 14.2 Å². The van der Waals surface area contributed by atoms with Crippen molar-refractivity contribution in [1.82, 2.24) is 0 Å². The second-order valence-electron chi connectivity index (χ2n) is 15.8. The van der Waals surface area contributed by atoms with Gasteiger partial charge in [-0.1, -0.05) is 139 Å². The predicted molar refractivity (Wildman–Crippen MR) is 250 cm³/mol. The lowest BCUT2D eigenvalue weighted by atomic mass is 9.67. The van der Waals surface area contributed by atoms with Crippen LogP contribution < -0.4 is 9.80 Å². The first-order chi connectivity index (χ1) is 30.2. The minimum absolute atomic E-state index is 0.526. The van der Waals surface area contributed by atoms with Crippen molar-refractivity contribution in [2.75, 3.05) is 9.80 Å². The van der Waals surface area contributed by atoms with E-state index < -0.39 is 5.41 Å². The fourth-order valence-electron chi connectivity index (χ4n) is 10.1. The van der Waals surface area contributed by atoms with Gasteiger partial charge >= 0.3 is 0 Å². The SMILES string of the molecule is N#Cc1cc(N(C2=CCCC=C2)c2ccc3c(c2)C2(c4ccccc4Sc4ccccc42)c2ccccc2-3)c2c(c1)oc1c(N(c3ccccc3)c3ccccc3)cccc12. The summed E-state index contributed by atoms with van der Waals surface area (Å²) in [6, 6.07) is 67.4. The van der Waals surface area contributed by atoms with E-state index in [1.807, 2.05) is 36.0 Å². The van der Waals surface area contributed by atoms with Gasteiger partial charge in [0.2, 0.25) is 0 Å². The Morgan fingerprint density at radius 3 is 1.89 bits per heavy atom. The number of fused-ring (bicyclic) bond motifs is 12. The van der Waals surface area contributed by atoms with Crippen LogP contribution in [-0.4, -0.2) is 0 Å². The first kappa shape index (κ1) is 35.4. The van der Waals surface area contributed by atoms with Gasteiger partial charge in [0.25, 0.3) is 0 Å². The number of allylic oxidation sites excluding steroid dienone is 3. The van der Waals surface area contributed by atoms with Crippen molar-refractivity contribution in [3.63, 3.8) is 0 Å². The Labute approximate surface area is 358 Å². The standard InChI is InChI=1S/C56H37N3OS/c57-36-37-33-50(54-44-24-16-28-49(55(44)60-51(54)34-37)58(38-17-4-1-5-18-38)39-19-6-2-7-20-39)59(40-21-8-3-9-22-40)41-31-32-43-42-23-10-11-25-45(42)56(48(43)35-41)46-26-12-14-29-52(46)61-53-30-15-13-27-47(53)56/h1-2,4-8,10-35H,3,9H2. The molecule has 0 amide bonds. The second-order valence-corrected chi connectivity index (χ2v) is 16.9. The third-order valence-corrected chi connectivity index (χ3v) is 13.7. The van der Waals surface area contributed by atoms with E-state index in [1.165, 1.54) is 43.2 Å². The van der Waals surface area contributed by atoms with Crippen molar-refractivity contribution < 1.29 is 4.42 Å². The molecule has 1 aromatic heterocycles. The number of hydrogen-bond acceptors (Lipinski definition) is 5. The lowest BCUT2D eigenvalue weighted by Crippen LogP contribution is -2.32. The topological polar surface area (TPSA) is 43.4 Å². The first-order valence-corrected chi connectivity index (χ1v) is 21.6. The monoisotopic (exact) mass is 799 g/mol. The van der Waals surface area contributed by atoms with E-state index in [0.717, 1.165) is 63.3 Å². The summed E-state index contributed by atoms with van der Waals surface area (Å²) >= 11 is 1.86. The number of rotatable bonds is 6. The summed E-state index contributed by atoms with van der Waals surface area (Å²) in [5, 5.41) is 12.6. The molecule has 0 fully saturated rings. The molecule has 1 aliphatic heterocycles. The van der Waals surface area contributed by atoms with Gasteiger partial charge in [-0.2, -0.15) is 5.26 Å². The summed E-state index contributed by atoms with van der Waals surface area (Å²) < 4.78 is 6.99. The third kappa shape index (κ3) is 5.32. The number of anilines is 5. The maximum absolute atomic E-state index is 10.6. The number of furan rings is 1. The molecule has 5 heteroatoms. The van der Waals surface area contributed by atoms with E-state index in [-0.39, 0.29) is 0 Å². The van der Waals surface area contributed by atoms with Crippen LogP contribution in [-0.2, 0) is 5.41 Å². The maximum atomic E-state index is 10.6. The molecular formula is C56H37N3OS. The van der Waals surface area contributed by atoms with Gasteiger partial charge in [0.05, 0.1) is 33.8 Å². The third-order valence-electron chi connectivity index (χ3n) is 12.5. The van der Waals surface area contributed by atoms with Crippen LogP contribution in [0.25, 0.3) is 33.1 Å².